The molecule has 0 amide bonds. The standard InChI is InChI=1S/C26H29N5O2/c1-3-33-23-17-20(13-14-22(23)32-2)18-29-25-21-12-8-15-27-24(21)30-26(31-25)28-16-7-11-19-9-5-4-6-10-19/h4-6,8-10,12-15,17H,3,7,11,16,18H2,1-2H3,(H2,27,28,29,30,31). The Balaban J connectivity index is 1.46. The third-order valence-electron chi connectivity index (χ3n) is 5.23. The Morgan fingerprint density at radius 1 is 0.879 bits per heavy atom. The number of aromatic nitrogens is 3. The monoisotopic (exact) mass is 443 g/mol. The number of rotatable bonds is 11. The van der Waals surface area contributed by atoms with Crippen LogP contribution in [0.1, 0.15) is 24.5 Å². The van der Waals surface area contributed by atoms with E-state index in [-0.39, 0.29) is 0 Å². The summed E-state index contributed by atoms with van der Waals surface area (Å²) in [5.41, 5.74) is 3.05. The molecule has 2 heterocycles. The van der Waals surface area contributed by atoms with E-state index in [0.29, 0.717) is 24.7 Å². The third-order valence-corrected chi connectivity index (χ3v) is 5.23. The number of hydrogen-bond acceptors (Lipinski definition) is 7. The number of pyridine rings is 1. The van der Waals surface area contributed by atoms with Gasteiger partial charge in [-0.05, 0) is 55.2 Å². The minimum atomic E-state index is 0.571. The van der Waals surface area contributed by atoms with Crippen molar-refractivity contribution in [2.75, 3.05) is 30.9 Å². The molecule has 2 aromatic carbocycles. The number of nitrogens with zero attached hydrogens (tertiary/aromatic N) is 3. The topological polar surface area (TPSA) is 81.2 Å². The Morgan fingerprint density at radius 2 is 1.76 bits per heavy atom. The van der Waals surface area contributed by atoms with Gasteiger partial charge in [-0.25, -0.2) is 4.98 Å². The number of benzene rings is 2. The van der Waals surface area contributed by atoms with Crippen LogP contribution in [0.4, 0.5) is 11.8 Å². The number of methoxy groups -OCH3 is 1. The molecule has 0 spiro atoms. The summed E-state index contributed by atoms with van der Waals surface area (Å²) in [5, 5.41) is 7.67. The van der Waals surface area contributed by atoms with Crippen molar-refractivity contribution >= 4 is 22.8 Å². The fourth-order valence-corrected chi connectivity index (χ4v) is 3.60. The first kappa shape index (κ1) is 22.3. The van der Waals surface area contributed by atoms with Gasteiger partial charge >= 0.3 is 0 Å². The van der Waals surface area contributed by atoms with Crippen LogP contribution >= 0.6 is 0 Å². The van der Waals surface area contributed by atoms with Gasteiger partial charge in [-0.1, -0.05) is 36.4 Å². The maximum atomic E-state index is 5.70. The van der Waals surface area contributed by atoms with Crippen molar-refractivity contribution in [3.63, 3.8) is 0 Å². The van der Waals surface area contributed by atoms with E-state index in [1.165, 1.54) is 5.56 Å². The number of aryl methyl sites for hydroxylation is 1. The molecule has 0 saturated carbocycles. The number of ether oxygens (including phenoxy) is 2. The molecule has 33 heavy (non-hydrogen) atoms. The zero-order valence-corrected chi connectivity index (χ0v) is 19.0. The quantitative estimate of drug-likeness (QED) is 0.313. The molecule has 0 fully saturated rings. The van der Waals surface area contributed by atoms with Crippen LogP contribution in [0, 0.1) is 0 Å². The lowest BCUT2D eigenvalue weighted by molar-refractivity contribution is 0.310. The summed E-state index contributed by atoms with van der Waals surface area (Å²) in [4.78, 5) is 13.7. The van der Waals surface area contributed by atoms with Crippen molar-refractivity contribution in [3.05, 3.63) is 78.0 Å². The van der Waals surface area contributed by atoms with E-state index in [1.807, 2.05) is 43.3 Å². The molecule has 0 unspecified atom stereocenters. The van der Waals surface area contributed by atoms with Gasteiger partial charge < -0.3 is 20.1 Å². The molecule has 0 atom stereocenters. The molecule has 4 rings (SSSR count). The summed E-state index contributed by atoms with van der Waals surface area (Å²) in [6, 6.07) is 20.3. The molecule has 4 aromatic rings. The molecule has 170 valence electrons. The lowest BCUT2D eigenvalue weighted by Crippen LogP contribution is -2.10. The molecular formula is C26H29N5O2. The van der Waals surface area contributed by atoms with E-state index in [2.05, 4.69) is 44.9 Å². The Morgan fingerprint density at radius 3 is 2.58 bits per heavy atom. The average molecular weight is 444 g/mol. The fraction of sp³-hybridized carbons (Fsp3) is 0.269. The summed E-state index contributed by atoms with van der Waals surface area (Å²) in [6.07, 6.45) is 3.74. The Hall–Kier alpha value is -3.87. The first-order chi connectivity index (χ1) is 16.3. The highest BCUT2D eigenvalue weighted by Gasteiger charge is 2.10. The summed E-state index contributed by atoms with van der Waals surface area (Å²) in [6.45, 7) is 3.90. The second kappa shape index (κ2) is 11.1. The van der Waals surface area contributed by atoms with Crippen LogP contribution in [0.2, 0.25) is 0 Å². The zero-order valence-electron chi connectivity index (χ0n) is 19.0. The summed E-state index contributed by atoms with van der Waals surface area (Å²) >= 11 is 0. The van der Waals surface area contributed by atoms with Crippen LogP contribution in [0.15, 0.2) is 66.9 Å². The van der Waals surface area contributed by atoms with Gasteiger partial charge in [0, 0.05) is 19.3 Å². The molecule has 0 aliphatic heterocycles. The van der Waals surface area contributed by atoms with Gasteiger partial charge in [0.15, 0.2) is 17.1 Å². The summed E-state index contributed by atoms with van der Waals surface area (Å²) < 4.78 is 11.1. The minimum Gasteiger partial charge on any atom is -0.493 e. The second-order valence-corrected chi connectivity index (χ2v) is 7.56. The van der Waals surface area contributed by atoms with Crippen LogP contribution in [-0.4, -0.2) is 35.2 Å². The molecular weight excluding hydrogens is 414 g/mol. The summed E-state index contributed by atoms with van der Waals surface area (Å²) in [5.74, 6) is 2.77. The molecule has 7 nitrogen and oxygen atoms in total. The van der Waals surface area contributed by atoms with Crippen LogP contribution in [-0.2, 0) is 13.0 Å². The molecule has 2 N–H and O–H groups in total. The minimum absolute atomic E-state index is 0.571. The first-order valence-corrected chi connectivity index (χ1v) is 11.2. The van der Waals surface area contributed by atoms with E-state index in [4.69, 9.17) is 14.5 Å². The number of anilines is 2. The van der Waals surface area contributed by atoms with Crippen molar-refractivity contribution in [1.82, 2.24) is 15.0 Å². The maximum Gasteiger partial charge on any atom is 0.226 e. The van der Waals surface area contributed by atoms with Crippen LogP contribution in [0.25, 0.3) is 11.0 Å². The van der Waals surface area contributed by atoms with E-state index in [1.54, 1.807) is 13.3 Å². The highest BCUT2D eigenvalue weighted by molar-refractivity contribution is 5.87. The van der Waals surface area contributed by atoms with Gasteiger partial charge in [0.1, 0.15) is 5.82 Å². The Kier molecular flexibility index (Phi) is 7.53. The van der Waals surface area contributed by atoms with Gasteiger partial charge in [0.2, 0.25) is 5.95 Å². The normalized spacial score (nSPS) is 10.7. The molecule has 7 heteroatoms. The average Bonchev–Trinajstić information content (AvgIpc) is 2.86. The van der Waals surface area contributed by atoms with Crippen LogP contribution in [0.5, 0.6) is 11.5 Å². The van der Waals surface area contributed by atoms with Crippen LogP contribution < -0.4 is 20.1 Å². The molecule has 0 bridgehead atoms. The Labute approximate surface area is 194 Å². The highest BCUT2D eigenvalue weighted by atomic mass is 16.5. The van der Waals surface area contributed by atoms with E-state index in [0.717, 1.165) is 47.7 Å². The van der Waals surface area contributed by atoms with Gasteiger partial charge in [-0.2, -0.15) is 9.97 Å². The van der Waals surface area contributed by atoms with E-state index < -0.39 is 0 Å². The lowest BCUT2D eigenvalue weighted by atomic mass is 10.1. The summed E-state index contributed by atoms with van der Waals surface area (Å²) in [7, 11) is 1.64. The largest absolute Gasteiger partial charge is 0.493 e. The first-order valence-electron chi connectivity index (χ1n) is 11.2. The van der Waals surface area contributed by atoms with Crippen molar-refractivity contribution in [2.45, 2.75) is 26.3 Å². The molecule has 0 aliphatic rings. The van der Waals surface area contributed by atoms with Crippen molar-refractivity contribution < 1.29 is 9.47 Å². The number of nitrogens with one attached hydrogen (secondary N) is 2. The lowest BCUT2D eigenvalue weighted by Gasteiger charge is -2.13. The van der Waals surface area contributed by atoms with Crippen molar-refractivity contribution in [2.24, 2.45) is 0 Å². The SMILES string of the molecule is CCOc1cc(CNc2nc(NCCCc3ccccc3)nc3ncccc23)ccc1OC. The maximum absolute atomic E-state index is 5.70. The smallest absolute Gasteiger partial charge is 0.226 e. The van der Waals surface area contributed by atoms with Crippen LogP contribution in [0.3, 0.4) is 0 Å². The van der Waals surface area contributed by atoms with Gasteiger partial charge in [0.05, 0.1) is 19.1 Å². The van der Waals surface area contributed by atoms with Gasteiger partial charge in [-0.15, -0.1) is 0 Å². The second-order valence-electron chi connectivity index (χ2n) is 7.56. The Bertz CT molecular complexity index is 1180. The van der Waals surface area contributed by atoms with Crippen molar-refractivity contribution in [3.8, 4) is 11.5 Å². The van der Waals surface area contributed by atoms with Gasteiger partial charge in [-0.3, -0.25) is 0 Å². The molecule has 0 aliphatic carbocycles. The van der Waals surface area contributed by atoms with Crippen molar-refractivity contribution in [1.29, 1.82) is 0 Å². The molecule has 0 radical (unpaired) electrons. The number of hydrogen-bond donors (Lipinski definition) is 2. The van der Waals surface area contributed by atoms with E-state index >= 15 is 0 Å². The number of fused-ring (bicyclic) bond motifs is 1. The molecule has 2 aromatic heterocycles. The third kappa shape index (κ3) is 5.88. The fourth-order valence-electron chi connectivity index (χ4n) is 3.60. The predicted octanol–water partition coefficient (Wildman–Crippen LogP) is 5.09. The highest BCUT2D eigenvalue weighted by Crippen LogP contribution is 2.29. The van der Waals surface area contributed by atoms with Gasteiger partial charge in [0.25, 0.3) is 0 Å². The zero-order chi connectivity index (χ0) is 22.9. The van der Waals surface area contributed by atoms with E-state index in [9.17, 15) is 0 Å². The molecule has 0 saturated heterocycles. The predicted molar refractivity (Wildman–Crippen MR) is 132 cm³/mol.